The Hall–Kier alpha value is -2.25. The van der Waals surface area contributed by atoms with Crippen LogP contribution in [0.4, 0.5) is 4.39 Å². The summed E-state index contributed by atoms with van der Waals surface area (Å²) in [4.78, 5) is 14.3. The van der Waals surface area contributed by atoms with Gasteiger partial charge in [-0.1, -0.05) is 30.7 Å². The first-order chi connectivity index (χ1) is 13.4. The predicted octanol–water partition coefficient (Wildman–Crippen LogP) is 3.20. The number of carbonyl (C=O) groups excluding carboxylic acids is 1. The molecule has 7 heteroatoms. The number of carbonyl (C=O) groups is 1. The van der Waals surface area contributed by atoms with E-state index in [2.05, 4.69) is 0 Å². The van der Waals surface area contributed by atoms with Crippen molar-refractivity contribution in [3.63, 3.8) is 0 Å². The van der Waals surface area contributed by atoms with Crippen LogP contribution < -0.4 is 0 Å². The molecule has 1 heterocycles. The molecule has 0 aromatic heterocycles. The maximum atomic E-state index is 13.0. The van der Waals surface area contributed by atoms with Gasteiger partial charge in [0.2, 0.25) is 15.9 Å². The lowest BCUT2D eigenvalue weighted by atomic mass is 10.1. The number of likely N-dealkylation sites (N-methyl/N-ethyl adjacent to an activating group) is 1. The van der Waals surface area contributed by atoms with Gasteiger partial charge in [-0.05, 0) is 48.2 Å². The number of sulfonamides is 1. The second-order valence-electron chi connectivity index (χ2n) is 7.16. The number of hydrogen-bond donors (Lipinski definition) is 0. The second-order valence-corrected chi connectivity index (χ2v) is 9.10. The molecule has 1 saturated heterocycles. The van der Waals surface area contributed by atoms with E-state index in [4.69, 9.17) is 0 Å². The van der Waals surface area contributed by atoms with Crippen molar-refractivity contribution in [3.05, 3.63) is 65.5 Å². The van der Waals surface area contributed by atoms with Gasteiger partial charge in [0.15, 0.2) is 0 Å². The molecule has 28 heavy (non-hydrogen) atoms. The number of rotatable bonds is 6. The molecule has 2 aromatic carbocycles. The first kappa shape index (κ1) is 20.5. The lowest BCUT2D eigenvalue weighted by Crippen LogP contribution is -2.35. The molecule has 0 atom stereocenters. The molecule has 5 nitrogen and oxygen atoms in total. The van der Waals surface area contributed by atoms with Crippen molar-refractivity contribution in [2.45, 2.75) is 37.1 Å². The molecule has 150 valence electrons. The first-order valence-electron chi connectivity index (χ1n) is 9.44. The van der Waals surface area contributed by atoms with E-state index in [1.807, 2.05) is 0 Å². The van der Waals surface area contributed by atoms with Gasteiger partial charge in [-0.15, -0.1) is 0 Å². The summed E-state index contributed by atoms with van der Waals surface area (Å²) < 4.78 is 39.9. The van der Waals surface area contributed by atoms with Gasteiger partial charge in [0.25, 0.3) is 0 Å². The van der Waals surface area contributed by atoms with E-state index in [0.717, 1.165) is 30.4 Å². The molecule has 1 fully saturated rings. The molecule has 0 saturated carbocycles. The van der Waals surface area contributed by atoms with E-state index in [9.17, 15) is 17.6 Å². The summed E-state index contributed by atoms with van der Waals surface area (Å²) in [5.74, 6) is -0.395. The maximum Gasteiger partial charge on any atom is 0.243 e. The standard InChI is InChI=1S/C21H25FN2O3S/c1-23(16-18-5-9-19(22)10-6-18)21(25)15-17-7-11-20(12-8-17)28(26,27)24-13-3-2-4-14-24/h5-12H,2-4,13-16H2,1H3. The van der Waals surface area contributed by atoms with Crippen molar-refractivity contribution in [3.8, 4) is 0 Å². The number of hydrogen-bond acceptors (Lipinski definition) is 3. The summed E-state index contributed by atoms with van der Waals surface area (Å²) >= 11 is 0. The molecule has 0 unspecified atom stereocenters. The summed E-state index contributed by atoms with van der Waals surface area (Å²) in [6.45, 7) is 1.52. The van der Waals surface area contributed by atoms with Crippen LogP contribution in [0.2, 0.25) is 0 Å². The summed E-state index contributed by atoms with van der Waals surface area (Å²) in [6.07, 6.45) is 3.04. The van der Waals surface area contributed by atoms with Crippen LogP contribution in [-0.2, 0) is 27.8 Å². The Balaban J connectivity index is 1.61. The normalized spacial score (nSPS) is 15.4. The van der Waals surface area contributed by atoms with Crippen LogP contribution in [0.25, 0.3) is 0 Å². The Morgan fingerprint density at radius 2 is 1.54 bits per heavy atom. The SMILES string of the molecule is CN(Cc1ccc(F)cc1)C(=O)Cc1ccc(S(=O)(=O)N2CCCCC2)cc1. The highest BCUT2D eigenvalue weighted by atomic mass is 32.2. The van der Waals surface area contributed by atoms with Crippen molar-refractivity contribution in [2.24, 2.45) is 0 Å². The number of piperidine rings is 1. The van der Waals surface area contributed by atoms with Crippen molar-refractivity contribution in [2.75, 3.05) is 20.1 Å². The third-order valence-electron chi connectivity index (χ3n) is 4.99. The highest BCUT2D eigenvalue weighted by Gasteiger charge is 2.25. The maximum absolute atomic E-state index is 13.0. The van der Waals surface area contributed by atoms with Gasteiger partial charge in [-0.2, -0.15) is 4.31 Å². The Labute approximate surface area is 165 Å². The highest BCUT2D eigenvalue weighted by molar-refractivity contribution is 7.89. The summed E-state index contributed by atoms with van der Waals surface area (Å²) in [5.41, 5.74) is 1.61. The third-order valence-corrected chi connectivity index (χ3v) is 6.90. The molecule has 0 aliphatic carbocycles. The predicted molar refractivity (Wildman–Crippen MR) is 106 cm³/mol. The lowest BCUT2D eigenvalue weighted by molar-refractivity contribution is -0.129. The monoisotopic (exact) mass is 404 g/mol. The topological polar surface area (TPSA) is 57.7 Å². The van der Waals surface area contributed by atoms with Crippen molar-refractivity contribution in [1.29, 1.82) is 0 Å². The zero-order valence-corrected chi connectivity index (χ0v) is 16.8. The fraction of sp³-hybridized carbons (Fsp3) is 0.381. The molecule has 1 aliphatic rings. The number of halogens is 1. The Morgan fingerprint density at radius 1 is 0.964 bits per heavy atom. The van der Waals surface area contributed by atoms with Gasteiger partial charge in [0.1, 0.15) is 5.82 Å². The minimum Gasteiger partial charge on any atom is -0.341 e. The first-order valence-corrected chi connectivity index (χ1v) is 10.9. The van der Waals surface area contributed by atoms with E-state index in [1.165, 1.54) is 16.4 Å². The van der Waals surface area contributed by atoms with E-state index < -0.39 is 10.0 Å². The van der Waals surface area contributed by atoms with E-state index >= 15 is 0 Å². The minimum absolute atomic E-state index is 0.0871. The Kier molecular flexibility index (Phi) is 6.46. The van der Waals surface area contributed by atoms with Crippen molar-refractivity contribution < 1.29 is 17.6 Å². The molecule has 1 amide bonds. The average Bonchev–Trinajstić information content (AvgIpc) is 2.70. The number of benzene rings is 2. The second kappa shape index (κ2) is 8.84. The quantitative estimate of drug-likeness (QED) is 0.743. The van der Waals surface area contributed by atoms with Gasteiger partial charge >= 0.3 is 0 Å². The molecule has 0 radical (unpaired) electrons. The molecule has 3 rings (SSSR count). The average molecular weight is 405 g/mol. The fourth-order valence-corrected chi connectivity index (χ4v) is 4.81. The van der Waals surface area contributed by atoms with Gasteiger partial charge < -0.3 is 4.90 Å². The van der Waals surface area contributed by atoms with E-state index in [0.29, 0.717) is 19.6 Å². The Morgan fingerprint density at radius 3 is 2.14 bits per heavy atom. The summed E-state index contributed by atoms with van der Waals surface area (Å²) in [6, 6.07) is 12.6. The van der Waals surface area contributed by atoms with Crippen LogP contribution in [0, 0.1) is 5.82 Å². The van der Waals surface area contributed by atoms with Gasteiger partial charge in [0.05, 0.1) is 11.3 Å². The zero-order chi connectivity index (χ0) is 20.1. The van der Waals surface area contributed by atoms with Crippen LogP contribution in [0.5, 0.6) is 0 Å². The van der Waals surface area contributed by atoms with Crippen molar-refractivity contribution >= 4 is 15.9 Å². The van der Waals surface area contributed by atoms with Crippen molar-refractivity contribution in [1.82, 2.24) is 9.21 Å². The van der Waals surface area contributed by atoms with Crippen LogP contribution in [0.1, 0.15) is 30.4 Å². The van der Waals surface area contributed by atoms with Gasteiger partial charge in [-0.25, -0.2) is 12.8 Å². The zero-order valence-electron chi connectivity index (χ0n) is 16.0. The van der Waals surface area contributed by atoms with Crippen LogP contribution >= 0.6 is 0 Å². The van der Waals surface area contributed by atoms with Crippen LogP contribution in [-0.4, -0.2) is 43.7 Å². The minimum atomic E-state index is -3.46. The molecule has 0 bridgehead atoms. The summed E-state index contributed by atoms with van der Waals surface area (Å²) in [7, 11) is -1.77. The molecule has 0 N–H and O–H groups in total. The highest BCUT2D eigenvalue weighted by Crippen LogP contribution is 2.21. The van der Waals surface area contributed by atoms with E-state index in [-0.39, 0.29) is 23.0 Å². The molecule has 0 spiro atoms. The van der Waals surface area contributed by atoms with Crippen LogP contribution in [0.15, 0.2) is 53.4 Å². The van der Waals surface area contributed by atoms with Gasteiger partial charge in [-0.3, -0.25) is 4.79 Å². The largest absolute Gasteiger partial charge is 0.341 e. The summed E-state index contributed by atoms with van der Waals surface area (Å²) in [5, 5.41) is 0. The van der Waals surface area contributed by atoms with Gasteiger partial charge in [0, 0.05) is 26.7 Å². The fourth-order valence-electron chi connectivity index (χ4n) is 3.30. The third kappa shape index (κ3) is 4.97. The number of nitrogens with zero attached hydrogens (tertiary/aromatic N) is 2. The molecule has 2 aromatic rings. The van der Waals surface area contributed by atoms with E-state index in [1.54, 1.807) is 48.3 Å². The van der Waals surface area contributed by atoms with Crippen LogP contribution in [0.3, 0.4) is 0 Å². The Bertz CT molecular complexity index is 906. The smallest absolute Gasteiger partial charge is 0.243 e. The molecule has 1 aliphatic heterocycles. The molecular weight excluding hydrogens is 379 g/mol. The molecular formula is C21H25FN2O3S. The lowest BCUT2D eigenvalue weighted by Gasteiger charge is -2.25. The number of amides is 1.